The molecule has 1 fully saturated rings. The van der Waals surface area contributed by atoms with E-state index in [4.69, 9.17) is 23.7 Å². The number of Topliss-reactive ketones (excluding diaryl/α,β-unsaturated/α-hetero) is 1. The van der Waals surface area contributed by atoms with Crippen LogP contribution in [0, 0.1) is 0 Å². The highest BCUT2D eigenvalue weighted by Gasteiger charge is 2.34. The normalized spacial score (nSPS) is 21.3. The molecule has 178 valence electrons. The maximum atomic E-state index is 13.2. The van der Waals surface area contributed by atoms with E-state index in [1.807, 2.05) is 18.2 Å². The van der Waals surface area contributed by atoms with Gasteiger partial charge in [0.1, 0.15) is 24.0 Å². The zero-order valence-corrected chi connectivity index (χ0v) is 20.3. The number of allylic oxidation sites excluding steroid dienone is 1. The fraction of sp³-hybridized carbons (Fsp3) is 0.400. The molecule has 0 unspecified atom stereocenters. The summed E-state index contributed by atoms with van der Waals surface area (Å²) in [7, 11) is 0. The van der Waals surface area contributed by atoms with E-state index in [9.17, 15) is 4.79 Å². The highest BCUT2D eigenvalue weighted by Crippen LogP contribution is 2.43. The van der Waals surface area contributed by atoms with Crippen LogP contribution in [0.2, 0.25) is 0 Å². The summed E-state index contributed by atoms with van der Waals surface area (Å²) in [6.07, 6.45) is 1.75. The van der Waals surface area contributed by atoms with Crippen molar-refractivity contribution in [3.8, 4) is 17.2 Å². The Bertz CT molecular complexity index is 1160. The lowest BCUT2D eigenvalue weighted by Gasteiger charge is -2.33. The standard InChI is InChI=1S/C25H25BrN2O6/c26-18-9-16(24-17(10-18)13-31-15-33-24)11-22-23(29)19-1-2-21-20(25(19)34-22)12-28(14-32-21)4-3-27-5-7-30-8-6-27/h1-2,9-11H,3-8,12-15H2/b22-11-. The summed E-state index contributed by atoms with van der Waals surface area (Å²) >= 11 is 3.53. The summed E-state index contributed by atoms with van der Waals surface area (Å²) in [6.45, 7) is 7.18. The molecular formula is C25H25BrN2O6. The zero-order valence-electron chi connectivity index (χ0n) is 18.7. The van der Waals surface area contributed by atoms with Gasteiger partial charge in [-0.2, -0.15) is 0 Å². The second-order valence-electron chi connectivity index (χ2n) is 8.73. The minimum Gasteiger partial charge on any atom is -0.478 e. The van der Waals surface area contributed by atoms with E-state index in [0.29, 0.717) is 36.9 Å². The van der Waals surface area contributed by atoms with Crippen LogP contribution in [0.4, 0.5) is 0 Å². The maximum absolute atomic E-state index is 13.2. The molecule has 34 heavy (non-hydrogen) atoms. The van der Waals surface area contributed by atoms with Crippen molar-refractivity contribution >= 4 is 27.8 Å². The van der Waals surface area contributed by atoms with Crippen LogP contribution < -0.4 is 14.2 Å². The predicted octanol–water partition coefficient (Wildman–Crippen LogP) is 3.42. The first-order valence-electron chi connectivity index (χ1n) is 11.4. The van der Waals surface area contributed by atoms with Gasteiger partial charge < -0.3 is 23.7 Å². The Morgan fingerprint density at radius 2 is 1.85 bits per heavy atom. The quantitative estimate of drug-likeness (QED) is 0.559. The van der Waals surface area contributed by atoms with Crippen molar-refractivity contribution in [2.45, 2.75) is 13.2 Å². The van der Waals surface area contributed by atoms with Gasteiger partial charge in [-0.25, -0.2) is 0 Å². The number of rotatable bonds is 4. The summed E-state index contributed by atoms with van der Waals surface area (Å²) in [5.74, 6) is 2.23. The van der Waals surface area contributed by atoms with Crippen LogP contribution in [0.1, 0.15) is 27.0 Å². The number of halogens is 1. The predicted molar refractivity (Wildman–Crippen MR) is 127 cm³/mol. The molecule has 2 aromatic carbocycles. The molecule has 0 atom stereocenters. The summed E-state index contributed by atoms with van der Waals surface area (Å²) in [6, 6.07) is 7.55. The first-order chi connectivity index (χ1) is 16.7. The van der Waals surface area contributed by atoms with Crippen molar-refractivity contribution in [1.29, 1.82) is 0 Å². The van der Waals surface area contributed by atoms with Crippen LogP contribution in [0.25, 0.3) is 6.08 Å². The van der Waals surface area contributed by atoms with Crippen LogP contribution in [0.5, 0.6) is 17.2 Å². The molecule has 0 aliphatic carbocycles. The molecule has 0 aromatic heterocycles. The number of ether oxygens (including phenoxy) is 5. The van der Waals surface area contributed by atoms with E-state index in [-0.39, 0.29) is 18.3 Å². The van der Waals surface area contributed by atoms with Gasteiger partial charge in [0.05, 0.1) is 30.9 Å². The number of hydrogen-bond donors (Lipinski definition) is 0. The number of morpholine rings is 1. The third-order valence-electron chi connectivity index (χ3n) is 6.51. The Morgan fingerprint density at radius 1 is 1.00 bits per heavy atom. The van der Waals surface area contributed by atoms with Crippen LogP contribution in [0.3, 0.4) is 0 Å². The highest BCUT2D eigenvalue weighted by atomic mass is 79.9. The van der Waals surface area contributed by atoms with Crippen LogP contribution in [-0.4, -0.2) is 68.5 Å². The molecule has 2 aromatic rings. The molecule has 4 aliphatic heterocycles. The Labute approximate surface area is 206 Å². The molecule has 9 heteroatoms. The largest absolute Gasteiger partial charge is 0.478 e. The van der Waals surface area contributed by atoms with Crippen LogP contribution in [-0.2, 0) is 22.6 Å². The number of benzene rings is 2. The minimum absolute atomic E-state index is 0.135. The molecule has 1 saturated heterocycles. The summed E-state index contributed by atoms with van der Waals surface area (Å²) in [4.78, 5) is 17.9. The Morgan fingerprint density at radius 3 is 2.74 bits per heavy atom. The average molecular weight is 529 g/mol. The second-order valence-corrected chi connectivity index (χ2v) is 9.65. The first-order valence-corrected chi connectivity index (χ1v) is 12.2. The topological polar surface area (TPSA) is 69.7 Å². The number of ketones is 1. The second kappa shape index (κ2) is 9.31. The zero-order chi connectivity index (χ0) is 23.1. The monoisotopic (exact) mass is 528 g/mol. The van der Waals surface area contributed by atoms with E-state index in [0.717, 1.165) is 66.3 Å². The Balaban J connectivity index is 1.24. The SMILES string of the molecule is O=C1/C(=C/c2cc(Br)cc3c2OCOC3)Oc2c1ccc1c2CN(CCN2CCOCC2)CO1. The lowest BCUT2D eigenvalue weighted by molar-refractivity contribution is -0.0165. The third-order valence-corrected chi connectivity index (χ3v) is 6.97. The Kier molecular flexibility index (Phi) is 6.04. The van der Waals surface area contributed by atoms with Gasteiger partial charge in [-0.15, -0.1) is 0 Å². The molecule has 0 saturated carbocycles. The number of hydrogen-bond acceptors (Lipinski definition) is 8. The molecule has 4 aliphatic rings. The fourth-order valence-electron chi connectivity index (χ4n) is 4.71. The van der Waals surface area contributed by atoms with Crippen LogP contribution >= 0.6 is 15.9 Å². The molecule has 0 N–H and O–H groups in total. The molecular weight excluding hydrogens is 504 g/mol. The van der Waals surface area contributed by atoms with Gasteiger partial charge in [0.25, 0.3) is 0 Å². The Hall–Kier alpha value is -2.43. The van der Waals surface area contributed by atoms with Crippen molar-refractivity contribution < 1.29 is 28.5 Å². The minimum atomic E-state index is -0.135. The summed E-state index contributed by atoms with van der Waals surface area (Å²) in [5, 5.41) is 0. The highest BCUT2D eigenvalue weighted by molar-refractivity contribution is 9.10. The van der Waals surface area contributed by atoms with Gasteiger partial charge >= 0.3 is 0 Å². The van der Waals surface area contributed by atoms with Crippen molar-refractivity contribution in [1.82, 2.24) is 9.80 Å². The number of nitrogens with zero attached hydrogens (tertiary/aromatic N) is 2. The molecule has 6 rings (SSSR count). The van der Waals surface area contributed by atoms with E-state index < -0.39 is 0 Å². The van der Waals surface area contributed by atoms with Gasteiger partial charge in [-0.1, -0.05) is 15.9 Å². The van der Waals surface area contributed by atoms with Crippen LogP contribution in [0.15, 0.2) is 34.5 Å². The van der Waals surface area contributed by atoms with Gasteiger partial charge in [0.15, 0.2) is 12.6 Å². The molecule has 0 radical (unpaired) electrons. The molecule has 4 heterocycles. The molecule has 0 bridgehead atoms. The molecule has 0 spiro atoms. The van der Waals surface area contributed by atoms with Crippen molar-refractivity contribution in [3.05, 3.63) is 56.8 Å². The van der Waals surface area contributed by atoms with Gasteiger partial charge in [-0.3, -0.25) is 14.6 Å². The van der Waals surface area contributed by atoms with Gasteiger partial charge in [0.2, 0.25) is 5.78 Å². The van der Waals surface area contributed by atoms with E-state index in [1.165, 1.54) is 0 Å². The lowest BCUT2D eigenvalue weighted by Crippen LogP contribution is -2.43. The maximum Gasteiger partial charge on any atom is 0.231 e. The smallest absolute Gasteiger partial charge is 0.231 e. The number of carbonyl (C=O) groups excluding carboxylic acids is 1. The van der Waals surface area contributed by atoms with E-state index >= 15 is 0 Å². The van der Waals surface area contributed by atoms with E-state index in [1.54, 1.807) is 12.1 Å². The van der Waals surface area contributed by atoms with Gasteiger partial charge in [0, 0.05) is 48.3 Å². The summed E-state index contributed by atoms with van der Waals surface area (Å²) < 4.78 is 29.6. The van der Waals surface area contributed by atoms with Gasteiger partial charge in [-0.05, 0) is 30.3 Å². The van der Waals surface area contributed by atoms with Crippen molar-refractivity contribution in [2.75, 3.05) is 52.9 Å². The lowest BCUT2D eigenvalue weighted by atomic mass is 10.0. The summed E-state index contributed by atoms with van der Waals surface area (Å²) in [5.41, 5.74) is 3.19. The first kappa shape index (κ1) is 22.1. The van der Waals surface area contributed by atoms with E-state index in [2.05, 4.69) is 25.7 Å². The number of carbonyl (C=O) groups is 1. The average Bonchev–Trinajstić information content (AvgIpc) is 3.18. The molecule has 8 nitrogen and oxygen atoms in total. The fourth-order valence-corrected chi connectivity index (χ4v) is 5.24. The molecule has 0 amide bonds. The van der Waals surface area contributed by atoms with Crippen molar-refractivity contribution in [3.63, 3.8) is 0 Å². The third kappa shape index (κ3) is 4.23. The van der Waals surface area contributed by atoms with Crippen molar-refractivity contribution in [2.24, 2.45) is 0 Å². The number of fused-ring (bicyclic) bond motifs is 4.